The molecule has 3 saturated carbocycles. The molecule has 0 aromatic carbocycles. The molecule has 1 saturated heterocycles. The van der Waals surface area contributed by atoms with Gasteiger partial charge in [0.2, 0.25) is 5.60 Å². The lowest BCUT2D eigenvalue weighted by molar-refractivity contribution is -0.0991. The van der Waals surface area contributed by atoms with E-state index in [2.05, 4.69) is 27.2 Å². The molecule has 88 valence electrons. The topological polar surface area (TPSA) is 9.23 Å². The van der Waals surface area contributed by atoms with Crippen molar-refractivity contribution < 1.29 is 4.74 Å². The second-order valence-electron chi connectivity index (χ2n) is 7.34. The molecular formula is C15H23O+. The molecular weight excluding hydrogens is 196 g/mol. The average molecular weight is 219 g/mol. The van der Waals surface area contributed by atoms with Crippen molar-refractivity contribution in [3.63, 3.8) is 0 Å². The van der Waals surface area contributed by atoms with Crippen LogP contribution in [0.2, 0.25) is 0 Å². The van der Waals surface area contributed by atoms with E-state index < -0.39 is 0 Å². The fraction of sp³-hybridized carbons (Fsp3) is 0.933. The van der Waals surface area contributed by atoms with Gasteiger partial charge in [-0.3, -0.25) is 0 Å². The fourth-order valence-electron chi connectivity index (χ4n) is 5.84. The van der Waals surface area contributed by atoms with Gasteiger partial charge in [-0.15, -0.1) is 0 Å². The molecule has 0 aromatic heterocycles. The van der Waals surface area contributed by atoms with Crippen molar-refractivity contribution >= 4 is 0 Å². The Kier molecular flexibility index (Phi) is 1.52. The third kappa shape index (κ3) is 0.847. The normalized spacial score (nSPS) is 66.8. The second kappa shape index (κ2) is 2.48. The van der Waals surface area contributed by atoms with Crippen molar-refractivity contribution in [1.82, 2.24) is 0 Å². The summed E-state index contributed by atoms with van der Waals surface area (Å²) in [5.74, 6) is 2.48. The summed E-state index contributed by atoms with van der Waals surface area (Å²) in [4.78, 5) is 0. The molecule has 0 N–H and O–H groups in total. The van der Waals surface area contributed by atoms with E-state index in [-0.39, 0.29) is 11.2 Å². The molecule has 4 fully saturated rings. The lowest BCUT2D eigenvalue weighted by Crippen LogP contribution is -2.50. The summed E-state index contributed by atoms with van der Waals surface area (Å²) in [5.41, 5.74) is 0.938. The van der Waals surface area contributed by atoms with Gasteiger partial charge in [0, 0.05) is 12.8 Å². The summed E-state index contributed by atoms with van der Waals surface area (Å²) in [6.45, 7) is 7.22. The van der Waals surface area contributed by atoms with Gasteiger partial charge in [-0.25, -0.2) is 0 Å². The third-order valence-electron chi connectivity index (χ3n) is 6.71. The van der Waals surface area contributed by atoms with Crippen LogP contribution in [-0.2, 0) is 4.74 Å². The Bertz CT molecular complexity index is 351. The van der Waals surface area contributed by atoms with Crippen LogP contribution in [0, 0.1) is 29.6 Å². The Morgan fingerprint density at radius 3 is 2.81 bits per heavy atom. The van der Waals surface area contributed by atoms with Gasteiger partial charge in [-0.1, -0.05) is 6.92 Å². The third-order valence-corrected chi connectivity index (χ3v) is 6.71. The molecule has 1 aliphatic heterocycles. The van der Waals surface area contributed by atoms with E-state index in [0.717, 1.165) is 17.8 Å². The molecule has 0 radical (unpaired) electrons. The molecule has 1 nitrogen and oxygen atoms in total. The number of fused-ring (bicyclic) bond motifs is 2. The molecule has 6 atom stereocenters. The smallest absolute Gasteiger partial charge is 0.208 e. The predicted molar refractivity (Wildman–Crippen MR) is 63.9 cm³/mol. The van der Waals surface area contributed by atoms with E-state index in [4.69, 9.17) is 4.74 Å². The molecule has 0 amide bonds. The maximum absolute atomic E-state index is 6.55. The van der Waals surface area contributed by atoms with Gasteiger partial charge in [-0.05, 0) is 50.4 Å². The lowest BCUT2D eigenvalue weighted by atomic mass is 9.51. The van der Waals surface area contributed by atoms with Crippen molar-refractivity contribution in [3.05, 3.63) is 6.42 Å². The quantitative estimate of drug-likeness (QED) is 0.566. The largest absolute Gasteiger partial charge is 0.324 e. The Hall–Kier alpha value is -0.170. The SMILES string of the molecule is CC1CCC2C3(C)[CH+]C4CC12CCC4(C)O3. The highest BCUT2D eigenvalue weighted by atomic mass is 16.5. The van der Waals surface area contributed by atoms with Gasteiger partial charge in [0.1, 0.15) is 17.9 Å². The van der Waals surface area contributed by atoms with Crippen molar-refractivity contribution in [2.24, 2.45) is 23.2 Å². The van der Waals surface area contributed by atoms with Crippen LogP contribution in [0.3, 0.4) is 0 Å². The highest BCUT2D eigenvalue weighted by Crippen LogP contribution is 2.71. The molecule has 6 unspecified atom stereocenters. The first kappa shape index (κ1) is 9.82. The van der Waals surface area contributed by atoms with Crippen LogP contribution in [0.4, 0.5) is 0 Å². The van der Waals surface area contributed by atoms with E-state index >= 15 is 0 Å². The molecule has 3 aliphatic carbocycles. The minimum atomic E-state index is 0.110. The van der Waals surface area contributed by atoms with Crippen molar-refractivity contribution in [2.45, 2.75) is 64.1 Å². The Balaban J connectivity index is 1.88. The maximum Gasteiger partial charge on any atom is 0.208 e. The molecule has 1 heterocycles. The zero-order valence-electron chi connectivity index (χ0n) is 10.8. The summed E-state index contributed by atoms with van der Waals surface area (Å²) < 4.78 is 6.55. The van der Waals surface area contributed by atoms with E-state index in [1.807, 2.05) is 0 Å². The molecule has 1 spiro atoms. The summed E-state index contributed by atoms with van der Waals surface area (Å²) in [6.07, 6.45) is 9.55. The highest BCUT2D eigenvalue weighted by Gasteiger charge is 2.75. The zero-order valence-corrected chi connectivity index (χ0v) is 10.8. The standard InChI is InChI=1S/C15H23O/c1-10-4-5-12-14(3)8-11-9-15(10,12)7-6-13(11,2)16-14/h8,10-12H,4-7,9H2,1-3H3/q+1. The van der Waals surface area contributed by atoms with E-state index in [9.17, 15) is 0 Å². The van der Waals surface area contributed by atoms with E-state index in [0.29, 0.717) is 5.41 Å². The summed E-state index contributed by atoms with van der Waals surface area (Å²) in [7, 11) is 0. The van der Waals surface area contributed by atoms with Crippen LogP contribution in [-0.4, -0.2) is 11.2 Å². The molecule has 1 heteroatoms. The summed E-state index contributed by atoms with van der Waals surface area (Å²) >= 11 is 0. The number of hydrogen-bond donors (Lipinski definition) is 0. The van der Waals surface area contributed by atoms with Crippen molar-refractivity contribution in [3.8, 4) is 0 Å². The van der Waals surface area contributed by atoms with Gasteiger partial charge in [0.25, 0.3) is 0 Å². The maximum atomic E-state index is 6.55. The van der Waals surface area contributed by atoms with Gasteiger partial charge in [-0.2, -0.15) is 0 Å². The predicted octanol–water partition coefficient (Wildman–Crippen LogP) is 3.58. The average Bonchev–Trinajstić information content (AvgIpc) is 2.61. The first-order valence-corrected chi connectivity index (χ1v) is 7.05. The number of hydrogen-bond acceptors (Lipinski definition) is 1. The minimum absolute atomic E-state index is 0.110. The fourth-order valence-corrected chi connectivity index (χ4v) is 5.84. The molecule has 4 rings (SSSR count). The monoisotopic (exact) mass is 219 g/mol. The molecule has 4 aliphatic rings. The van der Waals surface area contributed by atoms with Gasteiger partial charge < -0.3 is 4.74 Å². The summed E-state index contributed by atoms with van der Waals surface area (Å²) in [6, 6.07) is 0. The minimum Gasteiger partial charge on any atom is -0.324 e. The van der Waals surface area contributed by atoms with Crippen molar-refractivity contribution in [2.75, 3.05) is 0 Å². The van der Waals surface area contributed by atoms with Crippen LogP contribution < -0.4 is 0 Å². The first-order valence-electron chi connectivity index (χ1n) is 7.05. The van der Waals surface area contributed by atoms with E-state index in [1.165, 1.54) is 32.1 Å². The Labute approximate surface area is 98.9 Å². The zero-order chi connectivity index (χ0) is 11.2. The van der Waals surface area contributed by atoms with Crippen LogP contribution in [0.1, 0.15) is 52.9 Å². The Morgan fingerprint density at radius 1 is 1.19 bits per heavy atom. The molecule has 3 bridgehead atoms. The van der Waals surface area contributed by atoms with Crippen LogP contribution in [0.15, 0.2) is 0 Å². The number of ether oxygens (including phenoxy) is 1. The molecule has 0 aromatic rings. The lowest BCUT2D eigenvalue weighted by Gasteiger charge is -2.47. The Morgan fingerprint density at radius 2 is 2.00 bits per heavy atom. The second-order valence-corrected chi connectivity index (χ2v) is 7.34. The van der Waals surface area contributed by atoms with Crippen molar-refractivity contribution in [1.29, 1.82) is 0 Å². The van der Waals surface area contributed by atoms with Crippen LogP contribution in [0.25, 0.3) is 0 Å². The van der Waals surface area contributed by atoms with Crippen LogP contribution in [0.5, 0.6) is 0 Å². The number of rotatable bonds is 0. The van der Waals surface area contributed by atoms with E-state index in [1.54, 1.807) is 0 Å². The first-order chi connectivity index (χ1) is 7.49. The molecule has 16 heavy (non-hydrogen) atoms. The van der Waals surface area contributed by atoms with Gasteiger partial charge >= 0.3 is 0 Å². The van der Waals surface area contributed by atoms with Crippen LogP contribution >= 0.6 is 0 Å². The van der Waals surface area contributed by atoms with Gasteiger partial charge in [0.05, 0.1) is 0 Å². The van der Waals surface area contributed by atoms with Gasteiger partial charge in [0.15, 0.2) is 0 Å². The highest BCUT2D eigenvalue weighted by molar-refractivity contribution is 5.25. The summed E-state index contributed by atoms with van der Waals surface area (Å²) in [5, 5.41) is 0.